The van der Waals surface area contributed by atoms with Gasteiger partial charge in [-0.2, -0.15) is 0 Å². The van der Waals surface area contributed by atoms with Crippen molar-refractivity contribution in [2.24, 2.45) is 5.73 Å². The van der Waals surface area contributed by atoms with Crippen LogP contribution in [0.25, 0.3) is 0 Å². The molecule has 0 aliphatic rings. The molecule has 1 aromatic rings. The van der Waals surface area contributed by atoms with E-state index < -0.39 is 9.84 Å². The van der Waals surface area contributed by atoms with Crippen LogP contribution in [0.4, 0.5) is 0 Å². The predicted octanol–water partition coefficient (Wildman–Crippen LogP) is 1.70. The van der Waals surface area contributed by atoms with Crippen molar-refractivity contribution < 1.29 is 8.42 Å². The molecule has 5 heteroatoms. The number of hydrogen-bond acceptors (Lipinski definition) is 4. The molecule has 1 aromatic carbocycles. The van der Waals surface area contributed by atoms with Crippen molar-refractivity contribution >= 4 is 9.84 Å². The highest BCUT2D eigenvalue weighted by Crippen LogP contribution is 2.10. The Kier molecular flexibility index (Phi) is 6.48. The van der Waals surface area contributed by atoms with Crippen LogP contribution >= 0.6 is 0 Å². The summed E-state index contributed by atoms with van der Waals surface area (Å²) in [5.41, 5.74) is 7.00. The molecular weight excluding hydrogens is 260 g/mol. The standard InChI is InChI=1S/C14H24N2O2S/c1-3-4-13(15)9-10-16-11-12-5-7-14(8-6-12)19(2,17)18/h5-8,13,16H,3-4,9-11,15H2,1-2H3. The van der Waals surface area contributed by atoms with Crippen LogP contribution < -0.4 is 11.1 Å². The minimum absolute atomic E-state index is 0.269. The second-order valence-electron chi connectivity index (χ2n) is 4.93. The number of nitrogens with one attached hydrogen (secondary N) is 1. The van der Waals surface area contributed by atoms with Gasteiger partial charge in [0.1, 0.15) is 0 Å². The number of benzene rings is 1. The molecule has 0 aliphatic heterocycles. The van der Waals surface area contributed by atoms with Crippen molar-refractivity contribution in [2.45, 2.75) is 43.7 Å². The molecule has 0 fully saturated rings. The number of hydrogen-bond donors (Lipinski definition) is 2. The van der Waals surface area contributed by atoms with Crippen LogP contribution in [0.5, 0.6) is 0 Å². The molecule has 0 heterocycles. The van der Waals surface area contributed by atoms with E-state index in [1.807, 2.05) is 12.1 Å². The van der Waals surface area contributed by atoms with Crippen LogP contribution in [-0.4, -0.2) is 27.3 Å². The molecular formula is C14H24N2O2S. The first-order chi connectivity index (χ1) is 8.93. The van der Waals surface area contributed by atoms with Gasteiger partial charge in [0, 0.05) is 18.8 Å². The largest absolute Gasteiger partial charge is 0.328 e. The molecule has 0 amide bonds. The van der Waals surface area contributed by atoms with Gasteiger partial charge in [-0.3, -0.25) is 0 Å². The lowest BCUT2D eigenvalue weighted by atomic mass is 10.1. The topological polar surface area (TPSA) is 72.2 Å². The first-order valence-electron chi connectivity index (χ1n) is 6.68. The maximum absolute atomic E-state index is 11.3. The minimum atomic E-state index is -3.10. The SMILES string of the molecule is CCCC(N)CCNCc1ccc(S(C)(=O)=O)cc1. The molecule has 0 saturated heterocycles. The van der Waals surface area contributed by atoms with E-state index in [1.54, 1.807) is 12.1 Å². The smallest absolute Gasteiger partial charge is 0.175 e. The maximum atomic E-state index is 11.3. The zero-order chi connectivity index (χ0) is 14.3. The summed E-state index contributed by atoms with van der Waals surface area (Å²) in [5, 5.41) is 3.32. The minimum Gasteiger partial charge on any atom is -0.328 e. The van der Waals surface area contributed by atoms with E-state index in [4.69, 9.17) is 5.73 Å². The van der Waals surface area contributed by atoms with Crippen molar-refractivity contribution in [3.63, 3.8) is 0 Å². The molecule has 1 unspecified atom stereocenters. The molecule has 3 N–H and O–H groups in total. The first kappa shape index (κ1) is 16.1. The summed E-state index contributed by atoms with van der Waals surface area (Å²) in [6.45, 7) is 3.76. The van der Waals surface area contributed by atoms with Gasteiger partial charge in [-0.15, -0.1) is 0 Å². The van der Waals surface area contributed by atoms with Gasteiger partial charge in [0.05, 0.1) is 4.90 Å². The fraction of sp³-hybridized carbons (Fsp3) is 0.571. The van der Waals surface area contributed by atoms with E-state index in [-0.39, 0.29) is 6.04 Å². The van der Waals surface area contributed by atoms with Crippen LogP contribution in [0.1, 0.15) is 31.7 Å². The van der Waals surface area contributed by atoms with E-state index in [2.05, 4.69) is 12.2 Å². The van der Waals surface area contributed by atoms with Gasteiger partial charge in [0.15, 0.2) is 9.84 Å². The fourth-order valence-corrected chi connectivity index (χ4v) is 2.52. The van der Waals surface area contributed by atoms with Crippen molar-refractivity contribution in [3.8, 4) is 0 Å². The second-order valence-corrected chi connectivity index (χ2v) is 6.95. The maximum Gasteiger partial charge on any atom is 0.175 e. The number of rotatable bonds is 8. The molecule has 0 bridgehead atoms. The Hall–Kier alpha value is -0.910. The Labute approximate surface area is 116 Å². The van der Waals surface area contributed by atoms with Gasteiger partial charge in [-0.1, -0.05) is 25.5 Å². The summed E-state index contributed by atoms with van der Waals surface area (Å²) < 4.78 is 22.6. The van der Waals surface area contributed by atoms with Crippen LogP contribution in [-0.2, 0) is 16.4 Å². The zero-order valence-corrected chi connectivity index (χ0v) is 12.5. The van der Waals surface area contributed by atoms with Gasteiger partial charge < -0.3 is 11.1 Å². The van der Waals surface area contributed by atoms with Gasteiger partial charge in [0.25, 0.3) is 0 Å². The third-order valence-corrected chi connectivity index (χ3v) is 4.16. The Morgan fingerprint density at radius 1 is 1.21 bits per heavy atom. The summed E-state index contributed by atoms with van der Waals surface area (Å²) in [7, 11) is -3.10. The Balaban J connectivity index is 2.35. The quantitative estimate of drug-likeness (QED) is 0.713. The Morgan fingerprint density at radius 2 is 1.84 bits per heavy atom. The van der Waals surface area contributed by atoms with Gasteiger partial charge >= 0.3 is 0 Å². The lowest BCUT2D eigenvalue weighted by molar-refractivity contribution is 0.527. The van der Waals surface area contributed by atoms with E-state index >= 15 is 0 Å². The molecule has 1 atom stereocenters. The van der Waals surface area contributed by atoms with Crippen LogP contribution in [0.2, 0.25) is 0 Å². The molecule has 1 rings (SSSR count). The third kappa shape index (κ3) is 6.18. The monoisotopic (exact) mass is 284 g/mol. The lowest BCUT2D eigenvalue weighted by Gasteiger charge is -2.11. The first-order valence-corrected chi connectivity index (χ1v) is 8.58. The highest BCUT2D eigenvalue weighted by Gasteiger charge is 2.06. The average Bonchev–Trinajstić information content (AvgIpc) is 2.34. The number of nitrogens with two attached hydrogens (primary N) is 1. The van der Waals surface area contributed by atoms with E-state index in [1.165, 1.54) is 6.26 Å². The Morgan fingerprint density at radius 3 is 2.37 bits per heavy atom. The third-order valence-electron chi connectivity index (χ3n) is 3.03. The Bertz CT molecular complexity index is 469. The summed E-state index contributed by atoms with van der Waals surface area (Å²) in [6, 6.07) is 7.25. The molecule has 0 saturated carbocycles. The summed E-state index contributed by atoms with van der Waals surface area (Å²) in [4.78, 5) is 0.362. The second kappa shape index (κ2) is 7.62. The fourth-order valence-electron chi connectivity index (χ4n) is 1.89. The average molecular weight is 284 g/mol. The van der Waals surface area contributed by atoms with Crippen molar-refractivity contribution in [3.05, 3.63) is 29.8 Å². The summed E-state index contributed by atoms with van der Waals surface area (Å²) >= 11 is 0. The van der Waals surface area contributed by atoms with Crippen molar-refractivity contribution in [1.29, 1.82) is 0 Å². The molecule has 0 aliphatic carbocycles. The molecule has 0 spiro atoms. The summed E-state index contributed by atoms with van der Waals surface area (Å²) in [6.07, 6.45) is 4.36. The molecule has 108 valence electrons. The van der Waals surface area contributed by atoms with Gasteiger partial charge in [0.2, 0.25) is 0 Å². The van der Waals surface area contributed by atoms with Crippen LogP contribution in [0.3, 0.4) is 0 Å². The zero-order valence-electron chi connectivity index (χ0n) is 11.7. The van der Waals surface area contributed by atoms with E-state index in [0.717, 1.165) is 37.9 Å². The predicted molar refractivity (Wildman–Crippen MR) is 78.8 cm³/mol. The number of sulfone groups is 1. The van der Waals surface area contributed by atoms with Crippen LogP contribution in [0, 0.1) is 0 Å². The molecule has 0 aromatic heterocycles. The molecule has 4 nitrogen and oxygen atoms in total. The normalized spacial score (nSPS) is 13.4. The lowest BCUT2D eigenvalue weighted by Crippen LogP contribution is -2.26. The van der Waals surface area contributed by atoms with Crippen molar-refractivity contribution in [2.75, 3.05) is 12.8 Å². The van der Waals surface area contributed by atoms with Crippen LogP contribution in [0.15, 0.2) is 29.2 Å². The highest BCUT2D eigenvalue weighted by molar-refractivity contribution is 7.90. The van der Waals surface area contributed by atoms with Crippen molar-refractivity contribution in [1.82, 2.24) is 5.32 Å². The van der Waals surface area contributed by atoms with E-state index in [0.29, 0.717) is 4.90 Å². The highest BCUT2D eigenvalue weighted by atomic mass is 32.2. The molecule has 19 heavy (non-hydrogen) atoms. The van der Waals surface area contributed by atoms with E-state index in [9.17, 15) is 8.42 Å². The molecule has 0 radical (unpaired) electrons. The van der Waals surface area contributed by atoms with Gasteiger partial charge in [-0.25, -0.2) is 8.42 Å². The van der Waals surface area contributed by atoms with Gasteiger partial charge in [-0.05, 0) is 37.1 Å². The summed E-state index contributed by atoms with van der Waals surface area (Å²) in [5.74, 6) is 0.